The Morgan fingerprint density at radius 1 is 1.53 bits per heavy atom. The molecular weight excluding hydrogens is 190 g/mol. The number of hydrogen-bond acceptors (Lipinski definition) is 4. The van der Waals surface area contributed by atoms with E-state index in [2.05, 4.69) is 10.3 Å². The predicted octanol–water partition coefficient (Wildman–Crippen LogP) is 1.35. The zero-order valence-electron chi connectivity index (χ0n) is 9.74. The Balaban J connectivity index is 3.08. The molecule has 15 heavy (non-hydrogen) atoms. The molecule has 0 radical (unpaired) electrons. The number of pyridine rings is 1. The molecule has 0 spiro atoms. The Bertz CT molecular complexity index is 325. The third-order valence-electron chi connectivity index (χ3n) is 2.71. The molecule has 84 valence electrons. The number of nitrogens with one attached hydrogen (secondary N) is 1. The molecule has 0 fully saturated rings. The summed E-state index contributed by atoms with van der Waals surface area (Å²) in [6.45, 7) is 4.03. The van der Waals surface area contributed by atoms with Crippen LogP contribution in [-0.4, -0.2) is 24.7 Å². The maximum absolute atomic E-state index is 5.91. The van der Waals surface area contributed by atoms with Crippen molar-refractivity contribution < 1.29 is 4.74 Å². The molecule has 0 aliphatic heterocycles. The third kappa shape index (κ3) is 2.46. The lowest BCUT2D eigenvalue weighted by atomic mass is 9.92. The maximum Gasteiger partial charge on any atom is 0.0817 e. The van der Waals surface area contributed by atoms with Crippen molar-refractivity contribution in [2.75, 3.05) is 19.9 Å². The number of ether oxygens (including phenoxy) is 1. The van der Waals surface area contributed by atoms with Gasteiger partial charge in [-0.05, 0) is 27.0 Å². The number of rotatable bonds is 4. The summed E-state index contributed by atoms with van der Waals surface area (Å²) in [7, 11) is 3.58. The molecule has 4 nitrogen and oxygen atoms in total. The van der Waals surface area contributed by atoms with Crippen LogP contribution >= 0.6 is 0 Å². The lowest BCUT2D eigenvalue weighted by molar-refractivity contribution is -0.00888. The van der Waals surface area contributed by atoms with Gasteiger partial charge in [-0.25, -0.2) is 0 Å². The van der Waals surface area contributed by atoms with E-state index in [1.165, 1.54) is 0 Å². The lowest BCUT2D eigenvalue weighted by Crippen LogP contribution is -2.39. The molecule has 1 atom stereocenters. The summed E-state index contributed by atoms with van der Waals surface area (Å²) in [5, 5.41) is 3.21. The van der Waals surface area contributed by atoms with Gasteiger partial charge in [-0.1, -0.05) is 0 Å². The first-order valence-corrected chi connectivity index (χ1v) is 4.94. The largest absolute Gasteiger partial charge is 0.398 e. The first-order valence-electron chi connectivity index (χ1n) is 4.94. The highest BCUT2D eigenvalue weighted by molar-refractivity contribution is 5.47. The lowest BCUT2D eigenvalue weighted by Gasteiger charge is -2.33. The van der Waals surface area contributed by atoms with Crippen LogP contribution in [0.4, 0.5) is 5.69 Å². The maximum atomic E-state index is 5.91. The van der Waals surface area contributed by atoms with Crippen LogP contribution in [0.3, 0.4) is 0 Å². The van der Waals surface area contributed by atoms with Crippen LogP contribution in [0.2, 0.25) is 0 Å². The number of nitrogens with two attached hydrogens (primary N) is 1. The molecule has 1 aromatic heterocycles. The second-order valence-electron chi connectivity index (χ2n) is 4.03. The SMILES string of the molecule is CNC(c1cnccc1N)C(C)(C)OC. The fourth-order valence-electron chi connectivity index (χ4n) is 1.65. The van der Waals surface area contributed by atoms with Crippen molar-refractivity contribution in [2.24, 2.45) is 0 Å². The average Bonchev–Trinajstić information content (AvgIpc) is 2.21. The molecule has 0 aliphatic carbocycles. The first kappa shape index (κ1) is 11.9. The van der Waals surface area contributed by atoms with Crippen LogP contribution in [0, 0.1) is 0 Å². The highest BCUT2D eigenvalue weighted by Crippen LogP contribution is 2.30. The summed E-state index contributed by atoms with van der Waals surface area (Å²) in [6.07, 6.45) is 3.46. The third-order valence-corrected chi connectivity index (χ3v) is 2.71. The topological polar surface area (TPSA) is 60.2 Å². The molecule has 0 aliphatic rings. The van der Waals surface area contributed by atoms with E-state index in [4.69, 9.17) is 10.5 Å². The molecule has 1 rings (SSSR count). The molecule has 1 heterocycles. The van der Waals surface area contributed by atoms with Crippen molar-refractivity contribution in [3.63, 3.8) is 0 Å². The van der Waals surface area contributed by atoms with Gasteiger partial charge in [0.25, 0.3) is 0 Å². The zero-order chi connectivity index (χ0) is 11.5. The minimum Gasteiger partial charge on any atom is -0.398 e. The summed E-state index contributed by atoms with van der Waals surface area (Å²) in [5.41, 5.74) is 7.28. The number of likely N-dealkylation sites (N-methyl/N-ethyl adjacent to an activating group) is 1. The van der Waals surface area contributed by atoms with Crippen LogP contribution in [0.25, 0.3) is 0 Å². The smallest absolute Gasteiger partial charge is 0.0817 e. The van der Waals surface area contributed by atoms with E-state index < -0.39 is 0 Å². The Hall–Kier alpha value is -1.13. The quantitative estimate of drug-likeness (QED) is 0.786. The van der Waals surface area contributed by atoms with Gasteiger partial charge >= 0.3 is 0 Å². The van der Waals surface area contributed by atoms with Gasteiger partial charge in [-0.3, -0.25) is 4.98 Å². The number of hydrogen-bond donors (Lipinski definition) is 2. The van der Waals surface area contributed by atoms with Gasteiger partial charge in [0.2, 0.25) is 0 Å². The van der Waals surface area contributed by atoms with Gasteiger partial charge < -0.3 is 15.8 Å². The van der Waals surface area contributed by atoms with Gasteiger partial charge in [0.05, 0.1) is 11.6 Å². The molecule has 3 N–H and O–H groups in total. The van der Waals surface area contributed by atoms with Crippen molar-refractivity contribution in [1.29, 1.82) is 0 Å². The summed E-state index contributed by atoms with van der Waals surface area (Å²) >= 11 is 0. The van der Waals surface area contributed by atoms with E-state index in [1.807, 2.05) is 20.9 Å². The molecule has 0 saturated carbocycles. The van der Waals surface area contributed by atoms with Crippen molar-refractivity contribution in [2.45, 2.75) is 25.5 Å². The van der Waals surface area contributed by atoms with E-state index in [9.17, 15) is 0 Å². The van der Waals surface area contributed by atoms with Crippen molar-refractivity contribution in [3.8, 4) is 0 Å². The van der Waals surface area contributed by atoms with E-state index in [0.717, 1.165) is 11.3 Å². The number of nitrogen functional groups attached to an aromatic ring is 1. The number of methoxy groups -OCH3 is 1. The number of nitrogens with zero attached hydrogens (tertiary/aromatic N) is 1. The zero-order valence-corrected chi connectivity index (χ0v) is 9.74. The Morgan fingerprint density at radius 2 is 2.20 bits per heavy atom. The summed E-state index contributed by atoms with van der Waals surface area (Å²) in [6, 6.07) is 1.82. The fraction of sp³-hybridized carbons (Fsp3) is 0.545. The Labute approximate surface area is 90.8 Å². The summed E-state index contributed by atoms with van der Waals surface area (Å²) < 4.78 is 5.45. The van der Waals surface area contributed by atoms with Crippen LogP contribution in [0.1, 0.15) is 25.5 Å². The normalized spacial score (nSPS) is 13.9. The molecule has 0 aromatic carbocycles. The second kappa shape index (κ2) is 4.59. The summed E-state index contributed by atoms with van der Waals surface area (Å²) in [4.78, 5) is 4.09. The molecular formula is C11H19N3O. The van der Waals surface area contributed by atoms with E-state index in [0.29, 0.717) is 0 Å². The van der Waals surface area contributed by atoms with E-state index in [-0.39, 0.29) is 11.6 Å². The van der Waals surface area contributed by atoms with Crippen molar-refractivity contribution >= 4 is 5.69 Å². The van der Waals surface area contributed by atoms with Crippen molar-refractivity contribution in [1.82, 2.24) is 10.3 Å². The number of anilines is 1. The van der Waals surface area contributed by atoms with Gasteiger partial charge in [-0.2, -0.15) is 0 Å². The molecule has 0 bridgehead atoms. The van der Waals surface area contributed by atoms with Crippen molar-refractivity contribution in [3.05, 3.63) is 24.0 Å². The predicted molar refractivity (Wildman–Crippen MR) is 61.5 cm³/mol. The molecule has 0 saturated heterocycles. The molecule has 4 heteroatoms. The van der Waals surface area contributed by atoms with Gasteiger partial charge in [0, 0.05) is 30.8 Å². The fourth-order valence-corrected chi connectivity index (χ4v) is 1.65. The highest BCUT2D eigenvalue weighted by atomic mass is 16.5. The van der Waals surface area contributed by atoms with Crippen LogP contribution < -0.4 is 11.1 Å². The monoisotopic (exact) mass is 209 g/mol. The van der Waals surface area contributed by atoms with Gasteiger partial charge in [-0.15, -0.1) is 0 Å². The minimum atomic E-state index is -0.327. The van der Waals surface area contributed by atoms with Crippen LogP contribution in [0.15, 0.2) is 18.5 Å². The molecule has 1 unspecified atom stereocenters. The van der Waals surface area contributed by atoms with E-state index >= 15 is 0 Å². The second-order valence-corrected chi connectivity index (χ2v) is 4.03. The molecule has 1 aromatic rings. The number of aromatic nitrogens is 1. The first-order chi connectivity index (χ1) is 7.03. The Kier molecular flexibility index (Phi) is 3.66. The van der Waals surface area contributed by atoms with E-state index in [1.54, 1.807) is 25.6 Å². The molecule has 0 amide bonds. The standard InChI is InChI=1S/C11H19N3O/c1-11(2,15-4)10(13-3)8-7-14-6-5-9(8)12/h5-7,10,13H,1-4H3,(H2,12,14). The highest BCUT2D eigenvalue weighted by Gasteiger charge is 2.30. The van der Waals surface area contributed by atoms with Gasteiger partial charge in [0.15, 0.2) is 0 Å². The minimum absolute atomic E-state index is 0.0243. The summed E-state index contributed by atoms with van der Waals surface area (Å²) in [5.74, 6) is 0. The van der Waals surface area contributed by atoms with Crippen LogP contribution in [-0.2, 0) is 4.74 Å². The average molecular weight is 209 g/mol. The Morgan fingerprint density at radius 3 is 2.67 bits per heavy atom. The van der Waals surface area contributed by atoms with Crippen LogP contribution in [0.5, 0.6) is 0 Å². The van der Waals surface area contributed by atoms with Gasteiger partial charge in [0.1, 0.15) is 0 Å².